The summed E-state index contributed by atoms with van der Waals surface area (Å²) in [4.78, 5) is 18.7. The van der Waals surface area contributed by atoms with Crippen molar-refractivity contribution in [2.45, 2.75) is 25.2 Å². The standard InChI is InChI=1S/C19H19FN2OS/c20-14-3-4-16-17(12-21-18(16)10-14)13-5-7-22(8-6-13)19(23)11-15-2-1-9-24-15/h1-4,9-10,12-13,21H,5-8,11H2. The van der Waals surface area contributed by atoms with E-state index in [9.17, 15) is 9.18 Å². The van der Waals surface area contributed by atoms with Crippen LogP contribution in [0.5, 0.6) is 0 Å². The van der Waals surface area contributed by atoms with Crippen molar-refractivity contribution in [2.75, 3.05) is 13.1 Å². The number of fused-ring (bicyclic) bond motifs is 1. The summed E-state index contributed by atoms with van der Waals surface area (Å²) in [6, 6.07) is 8.91. The molecule has 0 unspecified atom stereocenters. The van der Waals surface area contributed by atoms with Crippen molar-refractivity contribution in [1.82, 2.24) is 9.88 Å². The molecule has 5 heteroatoms. The van der Waals surface area contributed by atoms with Crippen LogP contribution in [-0.4, -0.2) is 28.9 Å². The van der Waals surface area contributed by atoms with Crippen molar-refractivity contribution in [3.05, 3.63) is 58.2 Å². The van der Waals surface area contributed by atoms with Crippen LogP contribution in [-0.2, 0) is 11.2 Å². The van der Waals surface area contributed by atoms with Crippen LogP contribution in [0.15, 0.2) is 41.9 Å². The Hall–Kier alpha value is -2.14. The zero-order chi connectivity index (χ0) is 16.5. The van der Waals surface area contributed by atoms with E-state index >= 15 is 0 Å². The molecule has 0 aliphatic carbocycles. The van der Waals surface area contributed by atoms with Crippen LogP contribution < -0.4 is 0 Å². The number of piperidine rings is 1. The van der Waals surface area contributed by atoms with Crippen molar-refractivity contribution in [3.63, 3.8) is 0 Å². The maximum Gasteiger partial charge on any atom is 0.227 e. The molecule has 2 aromatic heterocycles. The fourth-order valence-corrected chi connectivity index (χ4v) is 4.27. The predicted molar refractivity (Wildman–Crippen MR) is 94.8 cm³/mol. The second-order valence-corrected chi connectivity index (χ2v) is 7.38. The van der Waals surface area contributed by atoms with Gasteiger partial charge in [0.15, 0.2) is 0 Å². The van der Waals surface area contributed by atoms with Gasteiger partial charge in [-0.15, -0.1) is 11.3 Å². The van der Waals surface area contributed by atoms with Crippen LogP contribution in [0.3, 0.4) is 0 Å². The molecule has 124 valence electrons. The number of nitrogens with one attached hydrogen (secondary N) is 1. The van der Waals surface area contributed by atoms with E-state index in [1.54, 1.807) is 17.4 Å². The summed E-state index contributed by atoms with van der Waals surface area (Å²) in [7, 11) is 0. The molecule has 3 heterocycles. The molecule has 0 bridgehead atoms. The molecule has 3 aromatic rings. The van der Waals surface area contributed by atoms with Gasteiger partial charge in [0.25, 0.3) is 0 Å². The van der Waals surface area contributed by atoms with E-state index in [-0.39, 0.29) is 11.7 Å². The Balaban J connectivity index is 1.43. The highest BCUT2D eigenvalue weighted by Crippen LogP contribution is 2.33. The van der Waals surface area contributed by atoms with Gasteiger partial charge in [0.2, 0.25) is 5.91 Å². The highest BCUT2D eigenvalue weighted by molar-refractivity contribution is 7.10. The maximum atomic E-state index is 13.3. The fourth-order valence-electron chi connectivity index (χ4n) is 3.57. The highest BCUT2D eigenvalue weighted by Gasteiger charge is 2.25. The van der Waals surface area contributed by atoms with Gasteiger partial charge in [-0.3, -0.25) is 4.79 Å². The molecule has 24 heavy (non-hydrogen) atoms. The van der Waals surface area contributed by atoms with Crippen LogP contribution in [0.1, 0.15) is 29.2 Å². The number of aromatic nitrogens is 1. The number of carbonyl (C=O) groups is 1. The van der Waals surface area contributed by atoms with Gasteiger partial charge in [-0.2, -0.15) is 0 Å². The first-order valence-electron chi connectivity index (χ1n) is 8.27. The number of hydrogen-bond acceptors (Lipinski definition) is 2. The molecule has 4 rings (SSSR count). The number of aromatic amines is 1. The van der Waals surface area contributed by atoms with Gasteiger partial charge in [-0.25, -0.2) is 4.39 Å². The largest absolute Gasteiger partial charge is 0.361 e. The predicted octanol–water partition coefficient (Wildman–Crippen LogP) is 4.32. The van der Waals surface area contributed by atoms with E-state index in [0.29, 0.717) is 12.3 Å². The van der Waals surface area contributed by atoms with E-state index in [1.807, 2.05) is 34.7 Å². The molecule has 3 nitrogen and oxygen atoms in total. The maximum absolute atomic E-state index is 13.3. The molecular weight excluding hydrogens is 323 g/mol. The van der Waals surface area contributed by atoms with Crippen molar-refractivity contribution in [1.29, 1.82) is 0 Å². The third kappa shape index (κ3) is 2.96. The molecule has 0 saturated carbocycles. The Labute approximate surface area is 144 Å². The minimum Gasteiger partial charge on any atom is -0.361 e. The molecule has 1 amide bonds. The Kier molecular flexibility index (Phi) is 4.10. The topological polar surface area (TPSA) is 36.1 Å². The average Bonchev–Trinajstić information content (AvgIpc) is 3.24. The number of carbonyl (C=O) groups excluding carboxylic acids is 1. The van der Waals surface area contributed by atoms with Crippen molar-refractivity contribution < 1.29 is 9.18 Å². The van der Waals surface area contributed by atoms with Gasteiger partial charge >= 0.3 is 0 Å². The summed E-state index contributed by atoms with van der Waals surface area (Å²) in [5.41, 5.74) is 2.09. The zero-order valence-corrected chi connectivity index (χ0v) is 14.1. The van der Waals surface area contributed by atoms with Crippen LogP contribution in [0.25, 0.3) is 10.9 Å². The first-order chi connectivity index (χ1) is 11.7. The molecule has 1 fully saturated rings. The van der Waals surface area contributed by atoms with E-state index in [1.165, 1.54) is 11.6 Å². The third-order valence-corrected chi connectivity index (χ3v) is 5.75. The highest BCUT2D eigenvalue weighted by atomic mass is 32.1. The number of H-pyrrole nitrogens is 1. The summed E-state index contributed by atoms with van der Waals surface area (Å²) in [5.74, 6) is 0.428. The molecule has 0 spiro atoms. The van der Waals surface area contributed by atoms with Crippen molar-refractivity contribution in [3.8, 4) is 0 Å². The molecule has 1 aliphatic heterocycles. The molecule has 0 radical (unpaired) electrons. The van der Waals surface area contributed by atoms with Crippen LogP contribution in [0, 0.1) is 5.82 Å². The van der Waals surface area contributed by atoms with Crippen LogP contribution >= 0.6 is 11.3 Å². The monoisotopic (exact) mass is 342 g/mol. The molecule has 1 N–H and O–H groups in total. The van der Waals surface area contributed by atoms with Gasteiger partial charge in [-0.05, 0) is 54.0 Å². The number of halogens is 1. The van der Waals surface area contributed by atoms with E-state index < -0.39 is 0 Å². The minimum absolute atomic E-state index is 0.218. The Morgan fingerprint density at radius 2 is 2.12 bits per heavy atom. The molecular formula is C19H19FN2OS. The summed E-state index contributed by atoms with van der Waals surface area (Å²) in [6.07, 6.45) is 4.42. The lowest BCUT2D eigenvalue weighted by Gasteiger charge is -2.32. The lowest BCUT2D eigenvalue weighted by molar-refractivity contribution is -0.131. The van der Waals surface area contributed by atoms with Crippen LogP contribution in [0.2, 0.25) is 0 Å². The lowest BCUT2D eigenvalue weighted by Crippen LogP contribution is -2.38. The summed E-state index contributed by atoms with van der Waals surface area (Å²) < 4.78 is 13.3. The smallest absolute Gasteiger partial charge is 0.227 e. The van der Waals surface area contributed by atoms with Crippen molar-refractivity contribution >= 4 is 28.1 Å². The van der Waals surface area contributed by atoms with Gasteiger partial charge in [0.05, 0.1) is 6.42 Å². The van der Waals surface area contributed by atoms with Gasteiger partial charge in [0.1, 0.15) is 5.82 Å². The fraction of sp³-hybridized carbons (Fsp3) is 0.316. The van der Waals surface area contributed by atoms with Gasteiger partial charge in [-0.1, -0.05) is 6.07 Å². The number of rotatable bonds is 3. The number of likely N-dealkylation sites (tertiary alicyclic amines) is 1. The number of benzene rings is 1. The lowest BCUT2D eigenvalue weighted by atomic mass is 9.89. The summed E-state index contributed by atoms with van der Waals surface area (Å²) >= 11 is 1.63. The van der Waals surface area contributed by atoms with Gasteiger partial charge < -0.3 is 9.88 Å². The zero-order valence-electron chi connectivity index (χ0n) is 13.3. The molecule has 1 saturated heterocycles. The Morgan fingerprint density at radius 3 is 2.88 bits per heavy atom. The number of hydrogen-bond donors (Lipinski definition) is 1. The second-order valence-electron chi connectivity index (χ2n) is 6.35. The van der Waals surface area contributed by atoms with E-state index in [2.05, 4.69) is 4.98 Å². The third-order valence-electron chi connectivity index (χ3n) is 4.87. The minimum atomic E-state index is -0.218. The number of amides is 1. The van der Waals surface area contributed by atoms with Crippen molar-refractivity contribution in [2.24, 2.45) is 0 Å². The quantitative estimate of drug-likeness (QED) is 0.756. The second kappa shape index (κ2) is 6.40. The first kappa shape index (κ1) is 15.4. The van der Waals surface area contributed by atoms with E-state index in [0.717, 1.165) is 41.7 Å². The number of thiophene rings is 1. The Bertz CT molecular complexity index is 848. The average molecular weight is 342 g/mol. The van der Waals surface area contributed by atoms with E-state index in [4.69, 9.17) is 0 Å². The summed E-state index contributed by atoms with van der Waals surface area (Å²) in [5, 5.41) is 3.11. The normalized spacial score (nSPS) is 16.0. The Morgan fingerprint density at radius 1 is 1.29 bits per heavy atom. The number of nitrogens with zero attached hydrogens (tertiary/aromatic N) is 1. The molecule has 1 aliphatic rings. The van der Waals surface area contributed by atoms with Gasteiger partial charge in [0, 0.05) is 35.1 Å². The summed E-state index contributed by atoms with van der Waals surface area (Å²) in [6.45, 7) is 1.59. The SMILES string of the molecule is O=C(Cc1cccs1)N1CCC(c2c[nH]c3cc(F)ccc23)CC1. The van der Waals surface area contributed by atoms with Crippen LogP contribution in [0.4, 0.5) is 4.39 Å². The molecule has 1 aromatic carbocycles. The first-order valence-corrected chi connectivity index (χ1v) is 9.15. The molecule has 0 atom stereocenters.